The third kappa shape index (κ3) is 3.30. The number of nitrogens with zero attached hydrogens (tertiary/aromatic N) is 4. The van der Waals surface area contributed by atoms with E-state index in [4.69, 9.17) is 9.47 Å². The van der Waals surface area contributed by atoms with Gasteiger partial charge < -0.3 is 14.8 Å². The number of carbonyl (C=O) groups excluding carboxylic acids is 1. The Morgan fingerprint density at radius 1 is 1.35 bits per heavy atom. The highest BCUT2D eigenvalue weighted by molar-refractivity contribution is 5.78. The van der Waals surface area contributed by atoms with Gasteiger partial charge in [0, 0.05) is 6.07 Å². The van der Waals surface area contributed by atoms with Crippen LogP contribution in [0.2, 0.25) is 0 Å². The second-order valence-corrected chi connectivity index (χ2v) is 6.17. The van der Waals surface area contributed by atoms with E-state index in [1.807, 2.05) is 18.2 Å². The third-order valence-corrected chi connectivity index (χ3v) is 4.49. The molecule has 8 heteroatoms. The smallest absolute Gasteiger partial charge is 0.258 e. The molecule has 1 unspecified atom stereocenters. The van der Waals surface area contributed by atoms with Crippen molar-refractivity contribution in [1.82, 2.24) is 25.1 Å². The van der Waals surface area contributed by atoms with Crippen molar-refractivity contribution in [1.29, 1.82) is 0 Å². The van der Waals surface area contributed by atoms with Crippen LogP contribution in [-0.2, 0) is 11.2 Å². The number of carbonyl (C=O) groups is 1. The Morgan fingerprint density at radius 3 is 3.15 bits per heavy atom. The zero-order chi connectivity index (χ0) is 17.9. The number of aryl methyl sites for hydroxylation is 1. The quantitative estimate of drug-likeness (QED) is 0.751. The molecule has 1 atom stereocenters. The van der Waals surface area contributed by atoms with E-state index < -0.39 is 0 Å². The Balaban J connectivity index is 1.39. The van der Waals surface area contributed by atoms with Gasteiger partial charge in [-0.2, -0.15) is 4.52 Å². The van der Waals surface area contributed by atoms with E-state index in [0.29, 0.717) is 11.5 Å². The summed E-state index contributed by atoms with van der Waals surface area (Å²) in [6.45, 7) is -0.0946. The van der Waals surface area contributed by atoms with Gasteiger partial charge in [-0.15, -0.1) is 15.3 Å². The molecule has 2 heterocycles. The fourth-order valence-electron chi connectivity index (χ4n) is 3.23. The summed E-state index contributed by atoms with van der Waals surface area (Å²) in [6.07, 6.45) is 4.42. The molecule has 2 aromatic heterocycles. The minimum absolute atomic E-state index is 0.00551. The first-order valence-corrected chi connectivity index (χ1v) is 8.49. The van der Waals surface area contributed by atoms with E-state index in [0.717, 1.165) is 30.6 Å². The van der Waals surface area contributed by atoms with E-state index in [-0.39, 0.29) is 18.6 Å². The maximum atomic E-state index is 12.3. The lowest BCUT2D eigenvalue weighted by Gasteiger charge is -2.26. The molecule has 8 nitrogen and oxygen atoms in total. The van der Waals surface area contributed by atoms with Crippen molar-refractivity contribution in [2.75, 3.05) is 13.7 Å². The fraction of sp³-hybridized carbons (Fsp3) is 0.333. The number of fused-ring (bicyclic) bond motifs is 2. The second-order valence-electron chi connectivity index (χ2n) is 6.17. The van der Waals surface area contributed by atoms with Crippen LogP contribution in [0.15, 0.2) is 36.7 Å². The van der Waals surface area contributed by atoms with Crippen LogP contribution >= 0.6 is 0 Å². The van der Waals surface area contributed by atoms with E-state index in [1.54, 1.807) is 19.2 Å². The van der Waals surface area contributed by atoms with Crippen molar-refractivity contribution >= 4 is 11.6 Å². The maximum Gasteiger partial charge on any atom is 0.258 e. The number of aromatic nitrogens is 4. The van der Waals surface area contributed by atoms with Crippen molar-refractivity contribution in [3.63, 3.8) is 0 Å². The molecule has 4 rings (SSSR count). The number of rotatable bonds is 5. The number of nitrogens with one attached hydrogen (secondary N) is 1. The van der Waals surface area contributed by atoms with Gasteiger partial charge >= 0.3 is 0 Å². The third-order valence-electron chi connectivity index (χ3n) is 4.49. The topological polar surface area (TPSA) is 90.6 Å². The lowest BCUT2D eigenvalue weighted by molar-refractivity contribution is -0.124. The molecule has 0 saturated heterocycles. The van der Waals surface area contributed by atoms with Crippen LogP contribution in [0.3, 0.4) is 0 Å². The maximum absolute atomic E-state index is 12.3. The number of hydrogen-bond donors (Lipinski definition) is 1. The van der Waals surface area contributed by atoms with Gasteiger partial charge in [-0.05, 0) is 48.6 Å². The average molecular weight is 353 g/mol. The molecule has 3 aromatic rings. The molecule has 1 amide bonds. The normalized spacial score (nSPS) is 16.1. The Bertz CT molecular complexity index is 939. The molecule has 1 aliphatic carbocycles. The van der Waals surface area contributed by atoms with E-state index in [1.165, 1.54) is 16.4 Å². The number of amides is 1. The summed E-state index contributed by atoms with van der Waals surface area (Å²) in [4.78, 5) is 12.3. The number of methoxy groups -OCH3 is 1. The summed E-state index contributed by atoms with van der Waals surface area (Å²) < 4.78 is 12.3. The van der Waals surface area contributed by atoms with Crippen LogP contribution in [0, 0.1) is 0 Å². The first-order valence-electron chi connectivity index (χ1n) is 8.49. The van der Waals surface area contributed by atoms with Crippen LogP contribution in [0.1, 0.15) is 30.0 Å². The first-order chi connectivity index (χ1) is 12.7. The van der Waals surface area contributed by atoms with Crippen molar-refractivity contribution < 1.29 is 14.3 Å². The fourth-order valence-corrected chi connectivity index (χ4v) is 3.23. The first kappa shape index (κ1) is 16.3. The Morgan fingerprint density at radius 2 is 2.27 bits per heavy atom. The highest BCUT2D eigenvalue weighted by Gasteiger charge is 2.22. The molecule has 0 aliphatic heterocycles. The molecule has 0 fully saturated rings. The van der Waals surface area contributed by atoms with E-state index in [2.05, 4.69) is 20.6 Å². The van der Waals surface area contributed by atoms with Crippen molar-refractivity contribution in [3.8, 4) is 11.6 Å². The van der Waals surface area contributed by atoms with Crippen molar-refractivity contribution in [2.24, 2.45) is 0 Å². The summed E-state index contributed by atoms with van der Waals surface area (Å²) in [5.41, 5.74) is 2.99. The van der Waals surface area contributed by atoms with Crippen LogP contribution in [0.25, 0.3) is 5.65 Å². The Labute approximate surface area is 150 Å². The summed E-state index contributed by atoms with van der Waals surface area (Å²) in [5.74, 6) is 1.01. The van der Waals surface area contributed by atoms with Gasteiger partial charge in [0.05, 0.1) is 13.2 Å². The summed E-state index contributed by atoms with van der Waals surface area (Å²) in [5, 5.41) is 14.9. The van der Waals surface area contributed by atoms with Gasteiger partial charge in [0.2, 0.25) is 5.88 Å². The van der Waals surface area contributed by atoms with Crippen LogP contribution in [0.4, 0.5) is 0 Å². The van der Waals surface area contributed by atoms with Crippen molar-refractivity contribution in [3.05, 3.63) is 47.8 Å². The minimum Gasteiger partial charge on any atom is -0.497 e. The van der Waals surface area contributed by atoms with Crippen LogP contribution < -0.4 is 14.8 Å². The number of hydrogen-bond acceptors (Lipinski definition) is 6. The van der Waals surface area contributed by atoms with Gasteiger partial charge in [0.1, 0.15) is 12.1 Å². The summed E-state index contributed by atoms with van der Waals surface area (Å²) >= 11 is 0. The average Bonchev–Trinajstić information content (AvgIpc) is 3.14. The van der Waals surface area contributed by atoms with Gasteiger partial charge in [0.15, 0.2) is 12.3 Å². The van der Waals surface area contributed by atoms with Gasteiger partial charge in [0.25, 0.3) is 5.91 Å². The highest BCUT2D eigenvalue weighted by atomic mass is 16.5. The minimum atomic E-state index is -0.177. The Kier molecular flexibility index (Phi) is 4.39. The second kappa shape index (κ2) is 6.99. The predicted molar refractivity (Wildman–Crippen MR) is 93.1 cm³/mol. The monoisotopic (exact) mass is 353 g/mol. The molecule has 1 aromatic carbocycles. The summed E-state index contributed by atoms with van der Waals surface area (Å²) in [7, 11) is 1.66. The number of ether oxygens (including phenoxy) is 2. The molecule has 0 bridgehead atoms. The lowest BCUT2D eigenvalue weighted by Crippen LogP contribution is -2.34. The molecule has 26 heavy (non-hydrogen) atoms. The van der Waals surface area contributed by atoms with Gasteiger partial charge in [-0.1, -0.05) is 6.07 Å². The zero-order valence-electron chi connectivity index (χ0n) is 14.4. The molecular weight excluding hydrogens is 334 g/mol. The molecule has 1 aliphatic rings. The molecule has 0 radical (unpaired) electrons. The van der Waals surface area contributed by atoms with E-state index >= 15 is 0 Å². The molecule has 0 saturated carbocycles. The van der Waals surface area contributed by atoms with Gasteiger partial charge in [-0.3, -0.25) is 4.79 Å². The standard InChI is InChI=1S/C18H19N5O3/c1-25-13-5-6-14-12(9-13)3-2-4-15(14)20-17(24)10-26-18-8-7-16-21-19-11-23(16)22-18/h5-9,11,15H,2-4,10H2,1H3,(H,20,24). The molecular formula is C18H19N5O3. The predicted octanol–water partition coefficient (Wildman–Crippen LogP) is 1.71. The largest absolute Gasteiger partial charge is 0.497 e. The lowest BCUT2D eigenvalue weighted by atomic mass is 9.87. The SMILES string of the molecule is COc1ccc2c(c1)CCCC2NC(=O)COc1ccc2nncn2n1. The highest BCUT2D eigenvalue weighted by Crippen LogP contribution is 2.32. The molecule has 134 valence electrons. The van der Waals surface area contributed by atoms with Crippen LogP contribution in [0.5, 0.6) is 11.6 Å². The zero-order valence-corrected chi connectivity index (χ0v) is 14.4. The van der Waals surface area contributed by atoms with Crippen molar-refractivity contribution in [2.45, 2.75) is 25.3 Å². The number of benzene rings is 1. The molecule has 0 spiro atoms. The Hall–Kier alpha value is -3.16. The molecule has 1 N–H and O–H groups in total. The summed E-state index contributed by atoms with van der Waals surface area (Å²) in [6, 6.07) is 9.40. The van der Waals surface area contributed by atoms with E-state index in [9.17, 15) is 4.79 Å². The van der Waals surface area contributed by atoms with Gasteiger partial charge in [-0.25, -0.2) is 0 Å². The van der Waals surface area contributed by atoms with Crippen LogP contribution in [-0.4, -0.2) is 39.4 Å².